The first kappa shape index (κ1) is 26.8. The zero-order valence-corrected chi connectivity index (χ0v) is 20.1. The van der Waals surface area contributed by atoms with Gasteiger partial charge in [0.05, 0.1) is 13.2 Å². The number of aromatic hydroxyl groups is 4. The quantitative estimate of drug-likeness (QED) is 0.133. The third-order valence-electron chi connectivity index (χ3n) is 5.86. The lowest BCUT2D eigenvalue weighted by Crippen LogP contribution is -2.58. The maximum Gasteiger partial charge on any atom is 0.308 e. The second kappa shape index (κ2) is 9.90. The fraction of sp³-hybridized carbons (Fsp3) is 0.333. The average molecular weight is 536 g/mol. The van der Waals surface area contributed by atoms with Crippen LogP contribution in [-0.4, -0.2) is 79.5 Å². The number of hydrogen-bond donors (Lipinski definition) is 7. The van der Waals surface area contributed by atoms with Gasteiger partial charge in [-0.15, -0.1) is 0 Å². The number of ether oxygens (including phenoxy) is 4. The van der Waals surface area contributed by atoms with E-state index in [0.29, 0.717) is 0 Å². The van der Waals surface area contributed by atoms with Crippen molar-refractivity contribution < 1.29 is 63.9 Å². The van der Waals surface area contributed by atoms with Crippen LogP contribution in [0.1, 0.15) is 13.8 Å². The molecule has 14 heteroatoms. The van der Waals surface area contributed by atoms with Crippen LogP contribution in [0.15, 0.2) is 27.4 Å². The first-order valence-electron chi connectivity index (χ1n) is 11.1. The smallest absolute Gasteiger partial charge is 0.308 e. The van der Waals surface area contributed by atoms with Crippen LogP contribution in [-0.2, 0) is 9.53 Å². The Labute approximate surface area is 213 Å². The Kier molecular flexibility index (Phi) is 6.99. The summed E-state index contributed by atoms with van der Waals surface area (Å²) in [5.41, 5.74) is -1.84. The summed E-state index contributed by atoms with van der Waals surface area (Å²) in [5, 5.41) is 70.5. The van der Waals surface area contributed by atoms with Gasteiger partial charge in [-0.25, -0.2) is 0 Å². The highest BCUT2D eigenvalue weighted by Gasteiger charge is 2.44. The topological polar surface area (TPSA) is 226 Å². The Balaban J connectivity index is 2.04. The van der Waals surface area contributed by atoms with Crippen molar-refractivity contribution in [3.05, 3.63) is 28.4 Å². The third kappa shape index (κ3) is 4.50. The molecule has 0 bridgehead atoms. The summed E-state index contributed by atoms with van der Waals surface area (Å²) in [4.78, 5) is 25.4. The molecule has 0 spiro atoms. The average Bonchev–Trinajstić information content (AvgIpc) is 2.86. The van der Waals surface area contributed by atoms with Gasteiger partial charge in [0, 0.05) is 18.6 Å². The Hall–Kier alpha value is -4.24. The molecular formula is C24H24O14. The van der Waals surface area contributed by atoms with Crippen LogP contribution in [0.4, 0.5) is 0 Å². The summed E-state index contributed by atoms with van der Waals surface area (Å²) in [5.74, 6) is -5.90. The van der Waals surface area contributed by atoms with Crippen LogP contribution in [0, 0.1) is 0 Å². The largest absolute Gasteiger partial charge is 0.507 e. The van der Waals surface area contributed by atoms with E-state index >= 15 is 0 Å². The summed E-state index contributed by atoms with van der Waals surface area (Å²) >= 11 is 0. The molecule has 14 nitrogen and oxygen atoms in total. The van der Waals surface area contributed by atoms with Gasteiger partial charge in [0.1, 0.15) is 29.4 Å². The summed E-state index contributed by atoms with van der Waals surface area (Å²) in [6, 6.07) is 2.78. The van der Waals surface area contributed by atoms with Gasteiger partial charge < -0.3 is 59.1 Å². The third-order valence-corrected chi connectivity index (χ3v) is 5.86. The van der Waals surface area contributed by atoms with E-state index in [1.165, 1.54) is 14.0 Å². The molecule has 38 heavy (non-hydrogen) atoms. The molecule has 7 N–H and O–H groups in total. The van der Waals surface area contributed by atoms with Crippen molar-refractivity contribution in [2.45, 2.75) is 44.6 Å². The minimum atomic E-state index is -1.85. The predicted molar refractivity (Wildman–Crippen MR) is 125 cm³/mol. The van der Waals surface area contributed by atoms with Crippen molar-refractivity contribution in [1.82, 2.24) is 0 Å². The monoisotopic (exact) mass is 536 g/mol. The predicted octanol–water partition coefficient (Wildman–Crippen LogP) is 0.423. The number of esters is 1. The normalized spacial score (nSPS) is 23.3. The van der Waals surface area contributed by atoms with E-state index in [9.17, 15) is 45.3 Å². The van der Waals surface area contributed by atoms with E-state index in [1.807, 2.05) is 0 Å². The molecule has 1 aliphatic heterocycles. The van der Waals surface area contributed by atoms with E-state index < -0.39 is 93.3 Å². The van der Waals surface area contributed by atoms with Crippen LogP contribution in [0.2, 0.25) is 0 Å². The highest BCUT2D eigenvalue weighted by Crippen LogP contribution is 2.46. The molecular weight excluding hydrogens is 512 g/mol. The van der Waals surface area contributed by atoms with E-state index in [1.54, 1.807) is 0 Å². The summed E-state index contributed by atoms with van der Waals surface area (Å²) in [6.45, 7) is 2.44. The summed E-state index contributed by atoms with van der Waals surface area (Å²) < 4.78 is 27.1. The van der Waals surface area contributed by atoms with Gasteiger partial charge in [0.15, 0.2) is 34.3 Å². The number of carbonyl (C=O) groups excluding carboxylic acids is 1. The molecule has 0 saturated carbocycles. The highest BCUT2D eigenvalue weighted by molar-refractivity contribution is 5.95. The minimum absolute atomic E-state index is 0.193. The van der Waals surface area contributed by atoms with Crippen molar-refractivity contribution in [3.63, 3.8) is 0 Å². The van der Waals surface area contributed by atoms with Crippen molar-refractivity contribution in [1.29, 1.82) is 0 Å². The molecule has 204 valence electrons. The van der Waals surface area contributed by atoms with Crippen LogP contribution in [0.25, 0.3) is 22.3 Å². The fourth-order valence-electron chi connectivity index (χ4n) is 3.94. The van der Waals surface area contributed by atoms with Gasteiger partial charge in [-0.1, -0.05) is 0 Å². The van der Waals surface area contributed by atoms with Crippen LogP contribution in [0.5, 0.6) is 40.2 Å². The molecule has 0 radical (unpaired) electrons. The van der Waals surface area contributed by atoms with Gasteiger partial charge in [0.2, 0.25) is 23.2 Å². The lowest BCUT2D eigenvalue weighted by atomic mass is 10.00. The minimum Gasteiger partial charge on any atom is -0.507 e. The zero-order valence-electron chi connectivity index (χ0n) is 20.1. The number of methoxy groups -OCH3 is 1. The number of fused-ring (bicyclic) bond motifs is 1. The maximum atomic E-state index is 13.7. The number of carbonyl (C=O) groups is 1. The van der Waals surface area contributed by atoms with Crippen LogP contribution >= 0.6 is 0 Å². The van der Waals surface area contributed by atoms with Gasteiger partial charge in [0.25, 0.3) is 0 Å². The standard InChI is InChI=1S/C24H24O14/c1-7-15(29)18(32)19(33)24(35-7)38-23-17(31)14-10(26)6-13(34-3)21(36-8(2)25)22(14)37-20(23)9-4-11(27)16(30)12(28)5-9/h4-7,15,18-19,24,26-30,32-33H,1-3H3/t7-,15+,18-,19-,24+/m1/s1. The van der Waals surface area contributed by atoms with Crippen molar-refractivity contribution >= 4 is 16.9 Å². The number of rotatable bonds is 5. The van der Waals surface area contributed by atoms with Crippen molar-refractivity contribution in [2.24, 2.45) is 0 Å². The summed E-state index contributed by atoms with van der Waals surface area (Å²) in [7, 11) is 1.20. The number of benzene rings is 2. The van der Waals surface area contributed by atoms with E-state index in [0.717, 1.165) is 25.1 Å². The molecule has 3 aromatic rings. The van der Waals surface area contributed by atoms with Crippen LogP contribution < -0.4 is 19.6 Å². The number of phenols is 4. The molecule has 0 unspecified atom stereocenters. The molecule has 1 saturated heterocycles. The highest BCUT2D eigenvalue weighted by atomic mass is 16.7. The maximum absolute atomic E-state index is 13.7. The molecule has 0 aliphatic carbocycles. The Bertz CT molecular complexity index is 1440. The first-order chi connectivity index (χ1) is 17.8. The van der Waals surface area contributed by atoms with E-state index in [2.05, 4.69) is 0 Å². The van der Waals surface area contributed by atoms with E-state index in [4.69, 9.17) is 23.4 Å². The lowest BCUT2D eigenvalue weighted by molar-refractivity contribution is -0.268. The van der Waals surface area contributed by atoms with Gasteiger partial charge in [-0.05, 0) is 19.1 Å². The molecule has 1 fully saturated rings. The van der Waals surface area contributed by atoms with Crippen molar-refractivity contribution in [2.75, 3.05) is 7.11 Å². The molecule has 1 aromatic heterocycles. The van der Waals surface area contributed by atoms with Gasteiger partial charge in [-0.3, -0.25) is 9.59 Å². The molecule has 2 aromatic carbocycles. The molecule has 2 heterocycles. The number of phenolic OH excluding ortho intramolecular Hbond substituents is 4. The van der Waals surface area contributed by atoms with E-state index in [-0.39, 0.29) is 11.3 Å². The molecule has 1 aliphatic rings. The second-order valence-electron chi connectivity index (χ2n) is 8.48. The molecule has 5 atom stereocenters. The van der Waals surface area contributed by atoms with Gasteiger partial charge >= 0.3 is 5.97 Å². The van der Waals surface area contributed by atoms with Gasteiger partial charge in [-0.2, -0.15) is 0 Å². The summed E-state index contributed by atoms with van der Waals surface area (Å²) in [6.07, 6.45) is -7.85. The Morgan fingerprint density at radius 2 is 1.55 bits per heavy atom. The number of hydrogen-bond acceptors (Lipinski definition) is 14. The zero-order chi connectivity index (χ0) is 28.0. The molecule has 4 rings (SSSR count). The Morgan fingerprint density at radius 3 is 2.13 bits per heavy atom. The van der Waals surface area contributed by atoms with Crippen LogP contribution in [0.3, 0.4) is 0 Å². The number of aliphatic hydroxyl groups is 3. The second-order valence-corrected chi connectivity index (χ2v) is 8.48. The fourth-order valence-corrected chi connectivity index (χ4v) is 3.94. The molecule has 0 amide bonds. The number of aliphatic hydroxyl groups excluding tert-OH is 3. The SMILES string of the molecule is COc1cc(O)c2c(=O)c(O[C@@H]3O[C@H](C)[C@H](O)[C@@H](O)[C@H]3O)c(-c3cc(O)c(O)c(O)c3)oc2c1OC(C)=O. The Morgan fingerprint density at radius 1 is 0.921 bits per heavy atom. The lowest BCUT2D eigenvalue weighted by Gasteiger charge is -2.38. The van der Waals surface area contributed by atoms with Crippen molar-refractivity contribution in [3.8, 4) is 51.6 Å². The first-order valence-corrected chi connectivity index (χ1v) is 11.1.